The van der Waals surface area contributed by atoms with Crippen molar-refractivity contribution in [2.75, 3.05) is 13.2 Å². The molecule has 0 spiro atoms. The number of carboxylic acids is 2. The zero-order valence-electron chi connectivity index (χ0n) is 37.4. The molecule has 0 radical (unpaired) electrons. The molecule has 0 saturated heterocycles. The Balaban J connectivity index is 6.31. The van der Waals surface area contributed by atoms with Crippen LogP contribution in [0.25, 0.3) is 0 Å². The number of nitrogens with one attached hydrogen (secondary N) is 8. The summed E-state index contributed by atoms with van der Waals surface area (Å²) in [6.45, 7) is 2.51. The molecule has 0 aromatic heterocycles. The third-order valence-corrected chi connectivity index (χ3v) is 9.39. The van der Waals surface area contributed by atoms with Crippen molar-refractivity contribution < 1.29 is 93.0 Å². The fourth-order valence-corrected chi connectivity index (χ4v) is 5.60. The lowest BCUT2D eigenvalue weighted by atomic mass is 10.0. The first-order chi connectivity index (χ1) is 31.5. The van der Waals surface area contributed by atoms with Crippen molar-refractivity contribution in [3.8, 4) is 0 Å². The fraction of sp³-hybridized carbons (Fsp3) is 0.649. The van der Waals surface area contributed by atoms with E-state index in [1.165, 1.54) is 13.8 Å². The van der Waals surface area contributed by atoms with Gasteiger partial charge >= 0.3 is 11.9 Å². The van der Waals surface area contributed by atoms with E-state index in [0.717, 1.165) is 13.8 Å². The molecule has 0 aromatic carbocycles. The Morgan fingerprint density at radius 1 is 0.426 bits per heavy atom. The molecule has 22 N–H and O–H groups in total. The van der Waals surface area contributed by atoms with E-state index in [-0.39, 0.29) is 12.8 Å². The lowest BCUT2D eigenvalue weighted by Crippen LogP contribution is -2.64. The average molecular weight is 979 g/mol. The summed E-state index contributed by atoms with van der Waals surface area (Å²) in [6, 6.07) is -16.6. The topological polar surface area (TPSA) is 544 Å². The Bertz CT molecular complexity index is 1870. The standard InChI is InChI=1S/C37H62N12O19/c1-13(2)26(37(67)68)47-30(60)17(6-8-23(40)55)42-31(61)18(9-24(41)56)44-35(65)27(14(3)52)49-36(66)28(15(4)53)48-32(62)19(10-25(57)58)43-33(63)21(12-51)46-34(64)20(11-50)45-29(59)16(38)5-7-22(39)54/h13-21,26-28,50-53H,5-12,38H2,1-4H3,(H2,39,54)(H2,40,55)(H2,41,56)(H,42,61)(H,43,63)(H,44,65)(H,45,59)(H,46,64)(H,47,60)(H,48,62)(H,49,66)(H,57,58)(H,67,68)/t14-,15-,16+,17+,18+,19+,20+,21+,26+,27+,28+/m1/s1. The highest BCUT2D eigenvalue weighted by Crippen LogP contribution is 2.08. The number of amides is 11. The Hall–Kier alpha value is -7.09. The van der Waals surface area contributed by atoms with Crippen molar-refractivity contribution >= 4 is 76.9 Å². The van der Waals surface area contributed by atoms with Crippen LogP contribution < -0.4 is 65.5 Å². The predicted molar refractivity (Wildman–Crippen MR) is 226 cm³/mol. The molecule has 0 saturated carbocycles. The van der Waals surface area contributed by atoms with Gasteiger partial charge in [0.25, 0.3) is 0 Å². The van der Waals surface area contributed by atoms with E-state index >= 15 is 0 Å². The van der Waals surface area contributed by atoms with Crippen molar-refractivity contribution in [2.45, 2.75) is 133 Å². The van der Waals surface area contributed by atoms with Crippen LogP contribution >= 0.6 is 0 Å². The zero-order chi connectivity index (χ0) is 52.7. The third-order valence-electron chi connectivity index (χ3n) is 9.39. The Morgan fingerprint density at radius 2 is 0.765 bits per heavy atom. The van der Waals surface area contributed by atoms with Gasteiger partial charge in [0.15, 0.2) is 0 Å². The summed E-state index contributed by atoms with van der Waals surface area (Å²) >= 11 is 0. The van der Waals surface area contributed by atoms with Crippen LogP contribution in [0.5, 0.6) is 0 Å². The minimum atomic E-state index is -2.14. The Morgan fingerprint density at radius 3 is 1.18 bits per heavy atom. The molecule has 0 unspecified atom stereocenters. The minimum absolute atomic E-state index is 0.241. The number of primary amides is 3. The quantitative estimate of drug-likeness (QED) is 0.0298. The molecule has 0 aromatic rings. The van der Waals surface area contributed by atoms with Crippen molar-refractivity contribution in [2.24, 2.45) is 28.9 Å². The van der Waals surface area contributed by atoms with Crippen LogP contribution in [0.3, 0.4) is 0 Å². The van der Waals surface area contributed by atoms with E-state index in [0.29, 0.717) is 0 Å². The number of aliphatic hydroxyl groups excluding tert-OH is 4. The highest BCUT2D eigenvalue weighted by molar-refractivity contribution is 6.00. The summed E-state index contributed by atoms with van der Waals surface area (Å²) in [7, 11) is 0. The lowest BCUT2D eigenvalue weighted by Gasteiger charge is -2.29. The van der Waals surface area contributed by atoms with Crippen LogP contribution in [0.1, 0.15) is 66.2 Å². The average Bonchev–Trinajstić information content (AvgIpc) is 3.23. The van der Waals surface area contributed by atoms with E-state index in [9.17, 15) is 93.0 Å². The zero-order valence-corrected chi connectivity index (χ0v) is 37.4. The van der Waals surface area contributed by atoms with Gasteiger partial charge in [-0.25, -0.2) is 4.79 Å². The molecule has 0 aliphatic carbocycles. The SMILES string of the molecule is CC(C)[C@H](NC(=O)[C@H](CCC(N)=O)NC(=O)[C@H](CC(N)=O)NC(=O)[C@@H](NC(=O)[C@@H](NC(=O)[C@H](CC(=O)O)NC(=O)[C@H](CO)NC(=O)[C@H](CO)NC(=O)[C@@H](N)CCC(N)=O)[C@@H](C)O)[C@@H](C)O)C(=O)O. The van der Waals surface area contributed by atoms with Gasteiger partial charge in [-0.2, -0.15) is 0 Å². The van der Waals surface area contributed by atoms with Crippen molar-refractivity contribution in [3.05, 3.63) is 0 Å². The Kier molecular flexibility index (Phi) is 26.5. The molecule has 384 valence electrons. The second-order valence-corrected chi connectivity index (χ2v) is 15.6. The maximum atomic E-state index is 13.5. The number of carbonyl (C=O) groups excluding carboxylic acids is 11. The summed E-state index contributed by atoms with van der Waals surface area (Å²) < 4.78 is 0. The molecule has 0 rings (SSSR count). The first-order valence-corrected chi connectivity index (χ1v) is 20.5. The van der Waals surface area contributed by atoms with Gasteiger partial charge in [-0.15, -0.1) is 0 Å². The normalized spacial score (nSPS) is 15.9. The Labute approximate surface area is 387 Å². The third kappa shape index (κ3) is 21.9. The molecule has 31 heteroatoms. The molecule has 0 aliphatic heterocycles. The van der Waals surface area contributed by atoms with E-state index < -0.39 is 188 Å². The number of hydrogen-bond donors (Lipinski definition) is 18. The van der Waals surface area contributed by atoms with Gasteiger partial charge in [0.2, 0.25) is 65.0 Å². The van der Waals surface area contributed by atoms with Gasteiger partial charge in [-0.05, 0) is 32.6 Å². The number of nitrogens with two attached hydrogens (primary N) is 4. The van der Waals surface area contributed by atoms with E-state index in [4.69, 9.17) is 22.9 Å². The van der Waals surface area contributed by atoms with Gasteiger partial charge < -0.3 is 96.1 Å². The highest BCUT2D eigenvalue weighted by Gasteiger charge is 2.38. The van der Waals surface area contributed by atoms with Crippen LogP contribution in [-0.2, 0) is 62.3 Å². The van der Waals surface area contributed by atoms with E-state index in [2.05, 4.69) is 10.6 Å². The predicted octanol–water partition coefficient (Wildman–Crippen LogP) is -10.4. The van der Waals surface area contributed by atoms with Gasteiger partial charge in [0.05, 0.1) is 44.3 Å². The van der Waals surface area contributed by atoms with Crippen molar-refractivity contribution in [1.82, 2.24) is 42.5 Å². The number of hydrogen-bond acceptors (Lipinski definition) is 18. The number of rotatable bonds is 32. The molecular formula is C37H62N12O19. The van der Waals surface area contributed by atoms with Crippen molar-refractivity contribution in [3.63, 3.8) is 0 Å². The minimum Gasteiger partial charge on any atom is -0.481 e. The molecule has 0 aliphatic rings. The second-order valence-electron chi connectivity index (χ2n) is 15.6. The number of aliphatic hydroxyl groups is 4. The van der Waals surface area contributed by atoms with Crippen LogP contribution in [0.4, 0.5) is 0 Å². The summed E-state index contributed by atoms with van der Waals surface area (Å²) in [5, 5.41) is 75.7. The molecule has 0 bridgehead atoms. The van der Waals surface area contributed by atoms with Crippen LogP contribution in [0.2, 0.25) is 0 Å². The number of aliphatic carboxylic acids is 2. The molecule has 0 heterocycles. The maximum absolute atomic E-state index is 13.5. The van der Waals surface area contributed by atoms with Crippen LogP contribution in [0.15, 0.2) is 0 Å². The molecule has 0 fully saturated rings. The first-order valence-electron chi connectivity index (χ1n) is 20.5. The molecule has 68 heavy (non-hydrogen) atoms. The smallest absolute Gasteiger partial charge is 0.326 e. The summed E-state index contributed by atoms with van der Waals surface area (Å²) in [6.07, 6.45) is -7.54. The largest absolute Gasteiger partial charge is 0.481 e. The second kappa shape index (κ2) is 29.5. The molecule has 31 nitrogen and oxygen atoms in total. The van der Waals surface area contributed by atoms with Gasteiger partial charge in [-0.1, -0.05) is 13.8 Å². The number of carboxylic acid groups (broad SMARTS) is 2. The van der Waals surface area contributed by atoms with Gasteiger partial charge in [0.1, 0.15) is 48.3 Å². The van der Waals surface area contributed by atoms with Crippen LogP contribution in [0, 0.1) is 5.92 Å². The molecular weight excluding hydrogens is 916 g/mol. The van der Waals surface area contributed by atoms with Crippen molar-refractivity contribution in [1.29, 1.82) is 0 Å². The summed E-state index contributed by atoms with van der Waals surface area (Å²) in [5.41, 5.74) is 21.1. The van der Waals surface area contributed by atoms with Crippen LogP contribution in [-0.4, -0.2) is 187 Å². The van der Waals surface area contributed by atoms with Gasteiger partial charge in [-0.3, -0.25) is 57.5 Å². The fourth-order valence-electron chi connectivity index (χ4n) is 5.60. The molecule has 11 atom stereocenters. The summed E-state index contributed by atoms with van der Waals surface area (Å²) in [4.78, 5) is 163. The van der Waals surface area contributed by atoms with E-state index in [1.807, 2.05) is 31.9 Å². The van der Waals surface area contributed by atoms with E-state index in [1.54, 1.807) is 0 Å². The highest BCUT2D eigenvalue weighted by atomic mass is 16.4. The monoisotopic (exact) mass is 978 g/mol. The maximum Gasteiger partial charge on any atom is 0.326 e. The number of carbonyl (C=O) groups is 13. The lowest BCUT2D eigenvalue weighted by molar-refractivity contribution is -0.144. The summed E-state index contributed by atoms with van der Waals surface area (Å²) in [5.74, 6) is -17.3. The van der Waals surface area contributed by atoms with Gasteiger partial charge in [0, 0.05) is 12.8 Å². The first kappa shape index (κ1) is 60.9. The molecule has 11 amide bonds.